The molecule has 2 atom stereocenters. The summed E-state index contributed by atoms with van der Waals surface area (Å²) in [4.78, 5) is 11.0. The van der Waals surface area contributed by atoms with E-state index in [1.165, 1.54) is 0 Å². The van der Waals surface area contributed by atoms with Gasteiger partial charge in [0.2, 0.25) is 0 Å². The number of hydrogen-bond donors (Lipinski definition) is 0. The number of methoxy groups -OCH3 is 1. The summed E-state index contributed by atoms with van der Waals surface area (Å²) < 4.78 is 21.9. The van der Waals surface area contributed by atoms with Crippen LogP contribution in [0.25, 0.3) is 0 Å². The molecular formula is C16H22O5. The Kier molecular flexibility index (Phi) is 5.33. The first-order chi connectivity index (χ1) is 10.0. The maximum Gasteiger partial charge on any atom is 0.164 e. The van der Waals surface area contributed by atoms with Crippen molar-refractivity contribution in [1.29, 1.82) is 0 Å². The van der Waals surface area contributed by atoms with Crippen LogP contribution in [-0.2, 0) is 25.6 Å². The molecule has 1 saturated heterocycles. The lowest BCUT2D eigenvalue weighted by atomic mass is 10.2. The van der Waals surface area contributed by atoms with Gasteiger partial charge in [0.15, 0.2) is 12.1 Å². The average molecular weight is 294 g/mol. The lowest BCUT2D eigenvalue weighted by molar-refractivity contribution is -0.151. The third-order valence-corrected chi connectivity index (χ3v) is 3.33. The van der Waals surface area contributed by atoms with Crippen molar-refractivity contribution >= 4 is 6.29 Å². The molecule has 116 valence electrons. The van der Waals surface area contributed by atoms with Crippen LogP contribution in [0.2, 0.25) is 0 Å². The second kappa shape index (κ2) is 7.02. The normalized spacial score (nSPS) is 24.0. The first-order valence-corrected chi connectivity index (χ1v) is 7.05. The van der Waals surface area contributed by atoms with Gasteiger partial charge in [-0.05, 0) is 31.5 Å². The van der Waals surface area contributed by atoms with E-state index in [0.29, 0.717) is 19.6 Å². The molecule has 5 heteroatoms. The number of carbonyl (C=O) groups excluding carboxylic acids is 1. The zero-order valence-corrected chi connectivity index (χ0v) is 12.7. The predicted molar refractivity (Wildman–Crippen MR) is 77.2 cm³/mol. The van der Waals surface area contributed by atoms with Gasteiger partial charge in [-0.2, -0.15) is 0 Å². The van der Waals surface area contributed by atoms with Gasteiger partial charge in [0.1, 0.15) is 11.9 Å². The zero-order chi connectivity index (χ0) is 15.3. The van der Waals surface area contributed by atoms with Gasteiger partial charge in [0, 0.05) is 13.0 Å². The second-order valence-electron chi connectivity index (χ2n) is 5.46. The van der Waals surface area contributed by atoms with Crippen molar-refractivity contribution in [2.24, 2.45) is 0 Å². The number of ether oxygens (including phenoxy) is 4. The van der Waals surface area contributed by atoms with Crippen molar-refractivity contribution in [2.45, 2.75) is 44.9 Å². The highest BCUT2D eigenvalue weighted by molar-refractivity contribution is 5.57. The maximum atomic E-state index is 11.0. The summed E-state index contributed by atoms with van der Waals surface area (Å²) in [6, 6.07) is 7.73. The Labute approximate surface area is 125 Å². The molecule has 1 heterocycles. The number of aldehydes is 1. The predicted octanol–water partition coefficient (Wildman–Crippen LogP) is 2.32. The third-order valence-electron chi connectivity index (χ3n) is 3.33. The molecule has 0 radical (unpaired) electrons. The highest BCUT2D eigenvalue weighted by atomic mass is 16.8. The fraction of sp³-hybridized carbons (Fsp3) is 0.562. The Bertz CT molecular complexity index is 454. The van der Waals surface area contributed by atoms with Crippen molar-refractivity contribution in [1.82, 2.24) is 0 Å². The van der Waals surface area contributed by atoms with Crippen molar-refractivity contribution in [3.63, 3.8) is 0 Å². The molecule has 1 fully saturated rings. The Hall–Kier alpha value is -1.43. The van der Waals surface area contributed by atoms with Crippen LogP contribution in [0.4, 0.5) is 0 Å². The molecule has 0 aromatic heterocycles. The molecule has 0 spiro atoms. The van der Waals surface area contributed by atoms with E-state index >= 15 is 0 Å². The zero-order valence-electron chi connectivity index (χ0n) is 12.7. The van der Waals surface area contributed by atoms with Gasteiger partial charge >= 0.3 is 0 Å². The summed E-state index contributed by atoms with van der Waals surface area (Å²) >= 11 is 0. The molecule has 21 heavy (non-hydrogen) atoms. The molecule has 0 saturated carbocycles. The Morgan fingerprint density at radius 1 is 1.24 bits per heavy atom. The molecule has 1 aromatic rings. The molecule has 0 aliphatic carbocycles. The number of rotatable bonds is 7. The molecule has 1 aliphatic heterocycles. The summed E-state index contributed by atoms with van der Waals surface area (Å²) in [5, 5.41) is 0. The highest BCUT2D eigenvalue weighted by Gasteiger charge is 2.40. The highest BCUT2D eigenvalue weighted by Crippen LogP contribution is 2.28. The van der Waals surface area contributed by atoms with E-state index in [-0.39, 0.29) is 6.10 Å². The molecule has 0 amide bonds. The molecule has 1 aliphatic rings. The van der Waals surface area contributed by atoms with Crippen LogP contribution in [0.5, 0.6) is 5.75 Å². The van der Waals surface area contributed by atoms with E-state index < -0.39 is 11.9 Å². The summed E-state index contributed by atoms with van der Waals surface area (Å²) in [5.74, 6) is 0.123. The van der Waals surface area contributed by atoms with Gasteiger partial charge in [-0.25, -0.2) is 0 Å². The summed E-state index contributed by atoms with van der Waals surface area (Å²) in [6.07, 6.45) is 0.671. The van der Waals surface area contributed by atoms with Crippen LogP contribution in [0, 0.1) is 0 Å². The van der Waals surface area contributed by atoms with E-state index in [9.17, 15) is 4.79 Å². The van der Waals surface area contributed by atoms with Gasteiger partial charge in [-0.3, -0.25) is 0 Å². The lowest BCUT2D eigenvalue weighted by Crippen LogP contribution is -2.25. The molecule has 0 N–H and O–H groups in total. The average Bonchev–Trinajstić information content (AvgIpc) is 2.78. The van der Waals surface area contributed by atoms with Crippen molar-refractivity contribution in [3.8, 4) is 5.75 Å². The minimum absolute atomic E-state index is 0.242. The van der Waals surface area contributed by atoms with E-state index in [1.807, 2.05) is 38.1 Å². The number of carbonyl (C=O) groups is 1. The largest absolute Gasteiger partial charge is 0.497 e. The number of hydrogen-bond acceptors (Lipinski definition) is 5. The SMILES string of the molecule is COc1ccc(COCCC2OC(C)(C)O[C@@H]2C=O)cc1. The van der Waals surface area contributed by atoms with Crippen LogP contribution in [0.1, 0.15) is 25.8 Å². The van der Waals surface area contributed by atoms with Crippen molar-refractivity contribution in [2.75, 3.05) is 13.7 Å². The van der Waals surface area contributed by atoms with Crippen molar-refractivity contribution in [3.05, 3.63) is 29.8 Å². The van der Waals surface area contributed by atoms with Crippen LogP contribution in [-0.4, -0.2) is 38.0 Å². The summed E-state index contributed by atoms with van der Waals surface area (Å²) in [5.41, 5.74) is 1.08. The Morgan fingerprint density at radius 2 is 1.95 bits per heavy atom. The van der Waals surface area contributed by atoms with Gasteiger partial charge in [0.05, 0.1) is 19.8 Å². The van der Waals surface area contributed by atoms with Crippen molar-refractivity contribution < 1.29 is 23.7 Å². The van der Waals surface area contributed by atoms with Crippen LogP contribution in [0.15, 0.2) is 24.3 Å². The third kappa shape index (κ3) is 4.52. The molecule has 5 nitrogen and oxygen atoms in total. The minimum atomic E-state index is -0.702. The molecule has 2 rings (SSSR count). The van der Waals surface area contributed by atoms with E-state index in [0.717, 1.165) is 17.6 Å². The Morgan fingerprint density at radius 3 is 2.57 bits per heavy atom. The lowest BCUT2D eigenvalue weighted by Gasteiger charge is -2.16. The van der Waals surface area contributed by atoms with Crippen LogP contribution < -0.4 is 4.74 Å². The minimum Gasteiger partial charge on any atom is -0.497 e. The first kappa shape index (κ1) is 15.9. The van der Waals surface area contributed by atoms with E-state index in [1.54, 1.807) is 7.11 Å². The molecule has 1 unspecified atom stereocenters. The van der Waals surface area contributed by atoms with Gasteiger partial charge in [-0.1, -0.05) is 12.1 Å². The molecule has 1 aromatic carbocycles. The maximum absolute atomic E-state index is 11.0. The van der Waals surface area contributed by atoms with Gasteiger partial charge < -0.3 is 23.7 Å². The quantitative estimate of drug-likeness (QED) is 0.570. The van der Waals surface area contributed by atoms with Crippen LogP contribution in [0.3, 0.4) is 0 Å². The summed E-state index contributed by atoms with van der Waals surface area (Å²) in [7, 11) is 1.64. The second-order valence-corrected chi connectivity index (χ2v) is 5.46. The van der Waals surface area contributed by atoms with Crippen LogP contribution >= 0.6 is 0 Å². The van der Waals surface area contributed by atoms with Gasteiger partial charge in [0.25, 0.3) is 0 Å². The Balaban J connectivity index is 1.72. The van der Waals surface area contributed by atoms with E-state index in [4.69, 9.17) is 18.9 Å². The fourth-order valence-corrected chi connectivity index (χ4v) is 2.31. The number of benzene rings is 1. The monoisotopic (exact) mass is 294 g/mol. The molecule has 0 bridgehead atoms. The fourth-order valence-electron chi connectivity index (χ4n) is 2.31. The van der Waals surface area contributed by atoms with E-state index in [2.05, 4.69) is 0 Å². The first-order valence-electron chi connectivity index (χ1n) is 7.05. The topological polar surface area (TPSA) is 54.0 Å². The smallest absolute Gasteiger partial charge is 0.164 e. The standard InChI is InChI=1S/C16H22O5/c1-16(2)20-14(15(10-17)21-16)8-9-19-11-12-4-6-13(18-3)7-5-12/h4-7,10,14-15H,8-9,11H2,1-3H3/t14?,15-/m1/s1. The van der Waals surface area contributed by atoms with Gasteiger partial charge in [-0.15, -0.1) is 0 Å². The molecular weight excluding hydrogens is 272 g/mol. The summed E-state index contributed by atoms with van der Waals surface area (Å²) in [6.45, 7) is 4.65.